The van der Waals surface area contributed by atoms with Gasteiger partial charge in [-0.25, -0.2) is 9.37 Å². The molecule has 1 aliphatic rings. The molecular formula is C23H24FN5O3. The lowest BCUT2D eigenvalue weighted by Gasteiger charge is -2.31. The predicted octanol–water partition coefficient (Wildman–Crippen LogP) is 3.20. The zero-order valence-corrected chi connectivity index (χ0v) is 17.7. The zero-order chi connectivity index (χ0) is 22.5. The number of aromatic nitrogens is 3. The number of amides is 1. The molecule has 1 aliphatic heterocycles. The monoisotopic (exact) mass is 437 g/mol. The van der Waals surface area contributed by atoms with Crippen LogP contribution in [0.25, 0.3) is 0 Å². The highest BCUT2D eigenvalue weighted by Crippen LogP contribution is 2.30. The Morgan fingerprint density at radius 2 is 1.88 bits per heavy atom. The van der Waals surface area contributed by atoms with Gasteiger partial charge in [0.15, 0.2) is 11.5 Å². The van der Waals surface area contributed by atoms with Crippen LogP contribution in [0, 0.1) is 5.82 Å². The van der Waals surface area contributed by atoms with Gasteiger partial charge in [0.1, 0.15) is 23.9 Å². The number of nitrogens with two attached hydrogens (primary N) is 1. The van der Waals surface area contributed by atoms with E-state index < -0.39 is 0 Å². The molecule has 4 rings (SSSR count). The molecule has 1 fully saturated rings. The number of hydrogen-bond acceptors (Lipinski definition) is 7. The Balaban J connectivity index is 1.38. The first-order valence-electron chi connectivity index (χ1n) is 10.3. The molecule has 9 heteroatoms. The summed E-state index contributed by atoms with van der Waals surface area (Å²) in [5.41, 5.74) is 7.60. The summed E-state index contributed by atoms with van der Waals surface area (Å²) in [6.07, 6.45) is 3.06. The van der Waals surface area contributed by atoms with Crippen LogP contribution in [0.5, 0.6) is 11.5 Å². The quantitative estimate of drug-likeness (QED) is 0.632. The minimum atomic E-state index is -0.304. The molecule has 0 atom stereocenters. The summed E-state index contributed by atoms with van der Waals surface area (Å²) in [6, 6.07) is 11.3. The molecule has 2 N–H and O–H groups in total. The fourth-order valence-electron chi connectivity index (χ4n) is 3.66. The number of benzene rings is 1. The van der Waals surface area contributed by atoms with E-state index in [1.54, 1.807) is 29.2 Å². The first kappa shape index (κ1) is 21.5. The average molecular weight is 437 g/mol. The fourth-order valence-corrected chi connectivity index (χ4v) is 3.66. The third-order valence-corrected chi connectivity index (χ3v) is 5.48. The van der Waals surface area contributed by atoms with Gasteiger partial charge in [-0.05, 0) is 42.7 Å². The molecule has 8 nitrogen and oxygen atoms in total. The number of methoxy groups -OCH3 is 1. The summed E-state index contributed by atoms with van der Waals surface area (Å²) in [4.78, 5) is 19.0. The van der Waals surface area contributed by atoms with Crippen molar-refractivity contribution in [1.29, 1.82) is 0 Å². The highest BCUT2D eigenvalue weighted by molar-refractivity contribution is 5.93. The molecule has 0 aliphatic carbocycles. The SMILES string of the molecule is COc1cc(C(=O)N2CCC(c3ccc(N)nn3)CC2)ncc1OCc1ccc(F)cc1. The van der Waals surface area contributed by atoms with Crippen LogP contribution < -0.4 is 15.2 Å². The van der Waals surface area contributed by atoms with E-state index in [0.717, 1.165) is 24.1 Å². The van der Waals surface area contributed by atoms with E-state index in [1.165, 1.54) is 25.4 Å². The summed E-state index contributed by atoms with van der Waals surface area (Å²) in [5.74, 6) is 1.01. The summed E-state index contributed by atoms with van der Waals surface area (Å²) >= 11 is 0. The third-order valence-electron chi connectivity index (χ3n) is 5.48. The molecule has 0 saturated carbocycles. The molecule has 1 saturated heterocycles. The second-order valence-corrected chi connectivity index (χ2v) is 7.59. The van der Waals surface area contributed by atoms with E-state index in [-0.39, 0.29) is 24.2 Å². The molecule has 1 aromatic carbocycles. The lowest BCUT2D eigenvalue weighted by molar-refractivity contribution is 0.0705. The molecule has 0 spiro atoms. The second kappa shape index (κ2) is 9.59. The molecule has 3 aromatic rings. The van der Waals surface area contributed by atoms with Gasteiger partial charge >= 0.3 is 0 Å². The largest absolute Gasteiger partial charge is 0.493 e. The maximum absolute atomic E-state index is 13.0. The Morgan fingerprint density at radius 3 is 2.53 bits per heavy atom. The molecule has 3 heterocycles. The number of piperidine rings is 1. The van der Waals surface area contributed by atoms with Crippen molar-refractivity contribution >= 4 is 11.7 Å². The summed E-state index contributed by atoms with van der Waals surface area (Å²) in [5, 5.41) is 8.08. The summed E-state index contributed by atoms with van der Waals surface area (Å²) in [7, 11) is 1.51. The number of hydrogen-bond donors (Lipinski definition) is 1. The Bertz CT molecular complexity index is 1070. The Kier molecular flexibility index (Phi) is 6.44. The van der Waals surface area contributed by atoms with Crippen LogP contribution in [0.15, 0.2) is 48.7 Å². The number of nitrogens with zero attached hydrogens (tertiary/aromatic N) is 4. The van der Waals surface area contributed by atoms with E-state index in [9.17, 15) is 9.18 Å². The summed E-state index contributed by atoms with van der Waals surface area (Å²) in [6.45, 7) is 1.43. The van der Waals surface area contributed by atoms with Crippen LogP contribution in [0.4, 0.5) is 10.2 Å². The van der Waals surface area contributed by atoms with Gasteiger partial charge < -0.3 is 20.1 Å². The van der Waals surface area contributed by atoms with Gasteiger partial charge in [-0.15, -0.1) is 5.10 Å². The average Bonchev–Trinajstić information content (AvgIpc) is 2.84. The van der Waals surface area contributed by atoms with Crippen molar-refractivity contribution in [3.05, 3.63) is 71.4 Å². The smallest absolute Gasteiger partial charge is 0.272 e. The predicted molar refractivity (Wildman–Crippen MR) is 116 cm³/mol. The molecule has 2 aromatic heterocycles. The van der Waals surface area contributed by atoms with Crippen LogP contribution >= 0.6 is 0 Å². The van der Waals surface area contributed by atoms with Crippen LogP contribution in [0.1, 0.15) is 40.5 Å². The number of anilines is 1. The standard InChI is InChI=1S/C23H24FN5O3/c1-31-20-12-19(26-13-21(20)32-14-15-2-4-17(24)5-3-15)23(30)29-10-8-16(9-11-29)18-6-7-22(25)28-27-18/h2-7,12-13,16H,8-11,14H2,1H3,(H2,25,28). The normalized spacial score (nSPS) is 14.2. The topological polar surface area (TPSA) is 103 Å². The number of ether oxygens (including phenoxy) is 2. The molecule has 166 valence electrons. The lowest BCUT2D eigenvalue weighted by Crippen LogP contribution is -2.38. The second-order valence-electron chi connectivity index (χ2n) is 7.59. The van der Waals surface area contributed by atoms with E-state index in [2.05, 4.69) is 15.2 Å². The van der Waals surface area contributed by atoms with Gasteiger partial charge in [0.2, 0.25) is 0 Å². The van der Waals surface area contributed by atoms with Crippen molar-refractivity contribution in [3.8, 4) is 11.5 Å². The lowest BCUT2D eigenvalue weighted by atomic mass is 9.93. The molecule has 1 amide bonds. The fraction of sp³-hybridized carbons (Fsp3) is 0.304. The molecule has 0 radical (unpaired) electrons. The molecule has 32 heavy (non-hydrogen) atoms. The Hall–Kier alpha value is -3.75. The highest BCUT2D eigenvalue weighted by Gasteiger charge is 2.27. The van der Waals surface area contributed by atoms with Crippen molar-refractivity contribution in [1.82, 2.24) is 20.1 Å². The van der Waals surface area contributed by atoms with Crippen molar-refractivity contribution in [2.45, 2.75) is 25.4 Å². The minimum absolute atomic E-state index is 0.157. The van der Waals surface area contributed by atoms with Gasteiger partial charge in [0, 0.05) is 25.1 Å². The van der Waals surface area contributed by atoms with Crippen LogP contribution in [0.2, 0.25) is 0 Å². The number of likely N-dealkylation sites (tertiary alicyclic amines) is 1. The van der Waals surface area contributed by atoms with Crippen molar-refractivity contribution in [3.63, 3.8) is 0 Å². The van der Waals surface area contributed by atoms with Gasteiger partial charge in [-0.3, -0.25) is 4.79 Å². The number of nitrogen functional groups attached to an aromatic ring is 1. The van der Waals surface area contributed by atoms with E-state index >= 15 is 0 Å². The van der Waals surface area contributed by atoms with Gasteiger partial charge in [0.05, 0.1) is 19.0 Å². The molecule has 0 unspecified atom stereocenters. The number of pyridine rings is 1. The number of rotatable bonds is 6. The van der Waals surface area contributed by atoms with Gasteiger partial charge in [-0.2, -0.15) is 5.10 Å². The van der Waals surface area contributed by atoms with Gasteiger partial charge in [0.25, 0.3) is 5.91 Å². The number of carbonyl (C=O) groups excluding carboxylic acids is 1. The first-order valence-corrected chi connectivity index (χ1v) is 10.3. The highest BCUT2D eigenvalue weighted by atomic mass is 19.1. The number of carbonyl (C=O) groups is 1. The minimum Gasteiger partial charge on any atom is -0.493 e. The van der Waals surface area contributed by atoms with Crippen LogP contribution in [0.3, 0.4) is 0 Å². The maximum atomic E-state index is 13.0. The van der Waals surface area contributed by atoms with E-state index in [0.29, 0.717) is 36.1 Å². The first-order chi connectivity index (χ1) is 15.5. The molecular weight excluding hydrogens is 413 g/mol. The van der Waals surface area contributed by atoms with Crippen LogP contribution in [-0.4, -0.2) is 46.2 Å². The number of halogens is 1. The van der Waals surface area contributed by atoms with E-state index in [1.807, 2.05) is 6.07 Å². The maximum Gasteiger partial charge on any atom is 0.272 e. The zero-order valence-electron chi connectivity index (χ0n) is 17.7. The Morgan fingerprint density at radius 1 is 1.12 bits per heavy atom. The van der Waals surface area contributed by atoms with Crippen LogP contribution in [-0.2, 0) is 6.61 Å². The Labute approximate surface area is 185 Å². The van der Waals surface area contributed by atoms with Crippen molar-refractivity contribution in [2.24, 2.45) is 0 Å². The van der Waals surface area contributed by atoms with Gasteiger partial charge in [-0.1, -0.05) is 12.1 Å². The van der Waals surface area contributed by atoms with Crippen molar-refractivity contribution < 1.29 is 18.7 Å². The molecule has 0 bridgehead atoms. The third kappa shape index (κ3) is 4.93. The van der Waals surface area contributed by atoms with E-state index in [4.69, 9.17) is 15.2 Å². The van der Waals surface area contributed by atoms with Crippen molar-refractivity contribution in [2.75, 3.05) is 25.9 Å². The summed E-state index contributed by atoms with van der Waals surface area (Å²) < 4.78 is 24.2.